The first-order valence-corrected chi connectivity index (χ1v) is 12.5. The van der Waals surface area contributed by atoms with E-state index in [0.29, 0.717) is 11.8 Å². The smallest absolute Gasteiger partial charge is 0.308 e. The molecule has 0 aliphatic heterocycles. The Balaban J connectivity index is 2.19. The summed E-state index contributed by atoms with van der Waals surface area (Å²) in [7, 11) is 0. The highest BCUT2D eigenvalue weighted by Gasteiger charge is 2.31. The summed E-state index contributed by atoms with van der Waals surface area (Å²) in [4.78, 5) is 64.4. The largest absolute Gasteiger partial charge is 0.460 e. The van der Waals surface area contributed by atoms with Crippen molar-refractivity contribution in [3.05, 3.63) is 71.8 Å². The van der Waals surface area contributed by atoms with E-state index in [-0.39, 0.29) is 25.4 Å². The summed E-state index contributed by atoms with van der Waals surface area (Å²) in [5, 5.41) is 5.29. The van der Waals surface area contributed by atoms with Gasteiger partial charge in [0.2, 0.25) is 11.8 Å². The number of rotatable bonds is 12. The van der Waals surface area contributed by atoms with Gasteiger partial charge in [-0.2, -0.15) is 0 Å². The molecule has 204 valence electrons. The zero-order chi connectivity index (χ0) is 28.3. The maximum absolute atomic E-state index is 13.7. The molecule has 0 saturated carbocycles. The lowest BCUT2D eigenvalue weighted by Gasteiger charge is -2.30. The Morgan fingerprint density at radius 2 is 1.50 bits per heavy atom. The monoisotopic (exact) mass is 523 g/mol. The molecule has 0 heterocycles. The van der Waals surface area contributed by atoms with Gasteiger partial charge in [0.25, 0.3) is 5.91 Å². The first kappa shape index (κ1) is 30.2. The first-order chi connectivity index (χ1) is 17.9. The van der Waals surface area contributed by atoms with Crippen molar-refractivity contribution in [2.75, 3.05) is 6.54 Å². The van der Waals surface area contributed by atoms with Gasteiger partial charge in [0, 0.05) is 12.1 Å². The summed E-state index contributed by atoms with van der Waals surface area (Å²) in [6.45, 7) is 8.44. The number of carbonyl (C=O) groups is 5. The van der Waals surface area contributed by atoms with Crippen molar-refractivity contribution in [2.45, 2.75) is 65.3 Å². The van der Waals surface area contributed by atoms with Crippen LogP contribution in [0.4, 0.5) is 0 Å². The van der Waals surface area contributed by atoms with Crippen LogP contribution in [0, 0.1) is 5.92 Å². The van der Waals surface area contributed by atoms with E-state index in [9.17, 15) is 24.0 Å². The minimum absolute atomic E-state index is 0.106. The summed E-state index contributed by atoms with van der Waals surface area (Å²) in [5.41, 5.74) is 0.462. The molecule has 0 bridgehead atoms. The molecular formula is C29H37N3O6. The second kappa shape index (κ2) is 14.1. The molecule has 0 aliphatic carbocycles. The van der Waals surface area contributed by atoms with E-state index in [4.69, 9.17) is 4.74 Å². The highest BCUT2D eigenvalue weighted by Crippen LogP contribution is 2.13. The molecule has 0 spiro atoms. The zero-order valence-electron chi connectivity index (χ0n) is 22.6. The van der Waals surface area contributed by atoms with Gasteiger partial charge < -0.3 is 25.1 Å². The number of nitrogens with one attached hydrogen (secondary N) is 2. The number of carbonyl (C=O) groups excluding carboxylic acids is 5. The Bertz CT molecular complexity index is 1100. The summed E-state index contributed by atoms with van der Waals surface area (Å²) in [5.74, 6) is -2.37. The molecule has 2 aromatic carbocycles. The Kier molecular flexibility index (Phi) is 11.2. The zero-order valence-corrected chi connectivity index (χ0v) is 22.6. The maximum atomic E-state index is 13.7. The van der Waals surface area contributed by atoms with Gasteiger partial charge in [-0.05, 0) is 44.4 Å². The fraction of sp³-hybridized carbons (Fsp3) is 0.414. The van der Waals surface area contributed by atoms with Gasteiger partial charge in [-0.25, -0.2) is 0 Å². The van der Waals surface area contributed by atoms with Gasteiger partial charge in [-0.3, -0.25) is 19.2 Å². The molecule has 9 nitrogen and oxygen atoms in total. The van der Waals surface area contributed by atoms with Crippen LogP contribution < -0.4 is 10.6 Å². The molecule has 38 heavy (non-hydrogen) atoms. The van der Waals surface area contributed by atoms with E-state index < -0.39 is 41.4 Å². The number of amides is 3. The highest BCUT2D eigenvalue weighted by atomic mass is 16.6. The Labute approximate surface area is 223 Å². The predicted octanol–water partition coefficient (Wildman–Crippen LogP) is 2.89. The number of hydrogen-bond acceptors (Lipinski definition) is 6. The second-order valence-corrected chi connectivity index (χ2v) is 10.3. The molecule has 1 unspecified atom stereocenters. The van der Waals surface area contributed by atoms with E-state index in [2.05, 4.69) is 10.6 Å². The Morgan fingerprint density at radius 1 is 0.921 bits per heavy atom. The number of nitrogens with zero attached hydrogens (tertiary/aromatic N) is 1. The van der Waals surface area contributed by atoms with Crippen LogP contribution in [-0.2, 0) is 30.5 Å². The second-order valence-electron chi connectivity index (χ2n) is 10.3. The molecule has 0 aromatic heterocycles. The molecule has 0 fully saturated rings. The number of ether oxygens (including phenoxy) is 1. The molecule has 9 heteroatoms. The van der Waals surface area contributed by atoms with Crippen LogP contribution in [0.25, 0.3) is 0 Å². The van der Waals surface area contributed by atoms with Crippen molar-refractivity contribution < 1.29 is 28.7 Å². The van der Waals surface area contributed by atoms with Crippen LogP contribution in [0.2, 0.25) is 0 Å². The van der Waals surface area contributed by atoms with Gasteiger partial charge >= 0.3 is 5.97 Å². The fourth-order valence-electron chi connectivity index (χ4n) is 3.66. The van der Waals surface area contributed by atoms with Crippen molar-refractivity contribution in [3.8, 4) is 0 Å². The molecule has 2 rings (SSSR count). The third-order valence-electron chi connectivity index (χ3n) is 5.43. The maximum Gasteiger partial charge on any atom is 0.308 e. The summed E-state index contributed by atoms with van der Waals surface area (Å²) >= 11 is 0. The molecule has 0 radical (unpaired) electrons. The molecule has 2 aromatic rings. The fourth-order valence-corrected chi connectivity index (χ4v) is 3.66. The first-order valence-electron chi connectivity index (χ1n) is 12.5. The quantitative estimate of drug-likeness (QED) is 0.326. The minimum atomic E-state index is -1.11. The Morgan fingerprint density at radius 3 is 2.03 bits per heavy atom. The molecule has 0 aliphatic rings. The predicted molar refractivity (Wildman–Crippen MR) is 143 cm³/mol. The van der Waals surface area contributed by atoms with Crippen LogP contribution in [-0.4, -0.2) is 59.1 Å². The van der Waals surface area contributed by atoms with E-state index in [0.717, 1.165) is 5.56 Å². The lowest BCUT2D eigenvalue weighted by molar-refractivity contribution is -0.156. The van der Waals surface area contributed by atoms with Crippen molar-refractivity contribution in [1.29, 1.82) is 0 Å². The lowest BCUT2D eigenvalue weighted by Crippen LogP contribution is -2.53. The van der Waals surface area contributed by atoms with Gasteiger partial charge in [0.1, 0.15) is 17.9 Å². The third-order valence-corrected chi connectivity index (χ3v) is 5.43. The number of aldehydes is 1. The van der Waals surface area contributed by atoms with Crippen LogP contribution in [0.15, 0.2) is 60.7 Å². The highest BCUT2D eigenvalue weighted by molar-refractivity contribution is 5.98. The lowest BCUT2D eigenvalue weighted by atomic mass is 10.0. The number of hydrogen-bond donors (Lipinski definition) is 2. The molecular weight excluding hydrogens is 486 g/mol. The van der Waals surface area contributed by atoms with Gasteiger partial charge in [-0.1, -0.05) is 62.4 Å². The van der Waals surface area contributed by atoms with Crippen LogP contribution in [0.5, 0.6) is 0 Å². The van der Waals surface area contributed by atoms with Crippen molar-refractivity contribution in [3.63, 3.8) is 0 Å². The van der Waals surface area contributed by atoms with Crippen LogP contribution >= 0.6 is 0 Å². The molecule has 2 N–H and O–H groups in total. The minimum Gasteiger partial charge on any atom is -0.460 e. The van der Waals surface area contributed by atoms with E-state index in [1.54, 1.807) is 65.0 Å². The molecule has 3 amide bonds. The van der Waals surface area contributed by atoms with Gasteiger partial charge in [-0.15, -0.1) is 0 Å². The van der Waals surface area contributed by atoms with E-state index in [1.807, 2.05) is 30.3 Å². The summed E-state index contributed by atoms with van der Waals surface area (Å²) < 4.78 is 5.23. The van der Waals surface area contributed by atoms with Crippen molar-refractivity contribution in [1.82, 2.24) is 15.5 Å². The normalized spacial score (nSPS) is 12.7. The topological polar surface area (TPSA) is 122 Å². The SMILES string of the molecule is CC(C)[C@H](NC(=O)c1ccccc1)C(=O)N(CC(=O)NC(C=O)CC(=O)OC(C)(C)C)Cc1ccccc1. The molecule has 2 atom stereocenters. The Hall–Kier alpha value is -4.01. The molecule has 0 saturated heterocycles. The van der Waals surface area contributed by atoms with Gasteiger partial charge in [0.15, 0.2) is 0 Å². The van der Waals surface area contributed by atoms with E-state index in [1.165, 1.54) is 4.90 Å². The summed E-state index contributed by atoms with van der Waals surface area (Å²) in [6, 6.07) is 15.7. The van der Waals surface area contributed by atoms with Crippen molar-refractivity contribution >= 4 is 30.0 Å². The third kappa shape index (κ3) is 10.2. The standard InChI is InChI=1S/C29H37N3O6/c1-20(2)26(31-27(36)22-14-10-7-11-15-22)28(37)32(17-21-12-8-6-9-13-21)18-24(34)30-23(19-33)16-25(35)38-29(3,4)5/h6-15,19-20,23,26H,16-18H2,1-5H3,(H,30,34)(H,31,36)/t23?,26-/m0/s1. The van der Waals surface area contributed by atoms with Crippen molar-refractivity contribution in [2.24, 2.45) is 5.92 Å². The average molecular weight is 524 g/mol. The summed E-state index contributed by atoms with van der Waals surface area (Å²) in [6.07, 6.45) is 0.128. The van der Waals surface area contributed by atoms with E-state index >= 15 is 0 Å². The average Bonchev–Trinajstić information content (AvgIpc) is 2.85. The van der Waals surface area contributed by atoms with Crippen LogP contribution in [0.1, 0.15) is 57.0 Å². The number of esters is 1. The number of benzene rings is 2. The van der Waals surface area contributed by atoms with Gasteiger partial charge in [0.05, 0.1) is 19.0 Å². The van der Waals surface area contributed by atoms with Crippen LogP contribution in [0.3, 0.4) is 0 Å².